The predicted octanol–water partition coefficient (Wildman–Crippen LogP) is 2.81. The van der Waals surface area contributed by atoms with E-state index >= 15 is 0 Å². The van der Waals surface area contributed by atoms with Gasteiger partial charge in [0.1, 0.15) is 10.8 Å². The number of esters is 1. The maximum Gasteiger partial charge on any atom is 0.305 e. The van der Waals surface area contributed by atoms with Gasteiger partial charge >= 0.3 is 5.97 Å². The van der Waals surface area contributed by atoms with Gasteiger partial charge in [-0.25, -0.2) is 0 Å². The van der Waals surface area contributed by atoms with Crippen LogP contribution >= 0.6 is 11.3 Å². The van der Waals surface area contributed by atoms with E-state index in [4.69, 9.17) is 4.74 Å². The molecule has 0 spiro atoms. The van der Waals surface area contributed by atoms with E-state index in [-0.39, 0.29) is 11.9 Å². The predicted molar refractivity (Wildman–Crippen MR) is 94.8 cm³/mol. The molecule has 0 bridgehead atoms. The number of carbonyl (C=O) groups excluding carboxylic acids is 2. The molecular formula is C17H21N3O4S. The number of hydrogen-bond acceptors (Lipinski definition) is 7. The Morgan fingerprint density at radius 3 is 2.72 bits per heavy atom. The Bertz CT molecular complexity index is 717. The van der Waals surface area contributed by atoms with Crippen LogP contribution in [0.15, 0.2) is 24.3 Å². The summed E-state index contributed by atoms with van der Waals surface area (Å²) in [6.45, 7) is 0. The van der Waals surface area contributed by atoms with E-state index in [1.54, 1.807) is 7.11 Å². The van der Waals surface area contributed by atoms with Crippen molar-refractivity contribution in [3.8, 4) is 5.75 Å². The fourth-order valence-corrected chi connectivity index (χ4v) is 2.96. The average Bonchev–Trinajstić information content (AvgIpc) is 3.05. The van der Waals surface area contributed by atoms with Crippen LogP contribution in [-0.2, 0) is 20.7 Å². The molecule has 0 saturated heterocycles. The minimum atomic E-state index is -0.258. The number of nitrogens with zero attached hydrogens (tertiary/aromatic N) is 2. The summed E-state index contributed by atoms with van der Waals surface area (Å²) in [6.07, 6.45) is 2.53. The second-order valence-corrected chi connectivity index (χ2v) is 6.42. The Balaban J connectivity index is 1.78. The molecule has 1 amide bonds. The van der Waals surface area contributed by atoms with Crippen LogP contribution in [0.3, 0.4) is 0 Å². The summed E-state index contributed by atoms with van der Waals surface area (Å²) in [5.74, 6) is 0.406. The van der Waals surface area contributed by atoms with Crippen molar-refractivity contribution >= 4 is 28.3 Å². The molecule has 0 aliphatic heterocycles. The van der Waals surface area contributed by atoms with Gasteiger partial charge in [0.05, 0.1) is 14.2 Å². The molecule has 0 fully saturated rings. The number of anilines is 1. The number of nitrogens with one attached hydrogen (secondary N) is 1. The third kappa shape index (κ3) is 6.50. The SMILES string of the molecule is COC(=O)CCCCC(=O)Nc1nnc(Cc2cccc(OC)c2)s1. The van der Waals surface area contributed by atoms with E-state index in [0.717, 1.165) is 16.3 Å². The zero-order valence-corrected chi connectivity index (χ0v) is 15.1. The van der Waals surface area contributed by atoms with Crippen molar-refractivity contribution in [1.29, 1.82) is 0 Å². The first-order chi connectivity index (χ1) is 12.1. The summed E-state index contributed by atoms with van der Waals surface area (Å²) < 4.78 is 9.76. The molecule has 1 N–H and O–H groups in total. The van der Waals surface area contributed by atoms with E-state index < -0.39 is 0 Å². The number of carbonyl (C=O) groups is 2. The Labute approximate surface area is 150 Å². The molecule has 2 aromatic rings. The van der Waals surface area contributed by atoms with Gasteiger partial charge in [0.15, 0.2) is 0 Å². The summed E-state index contributed by atoms with van der Waals surface area (Å²) in [6, 6.07) is 7.74. The molecule has 7 nitrogen and oxygen atoms in total. The van der Waals surface area contributed by atoms with Crippen molar-refractivity contribution in [2.75, 3.05) is 19.5 Å². The highest BCUT2D eigenvalue weighted by atomic mass is 32.1. The normalized spacial score (nSPS) is 10.3. The lowest BCUT2D eigenvalue weighted by atomic mass is 10.1. The van der Waals surface area contributed by atoms with Gasteiger partial charge in [0.2, 0.25) is 11.0 Å². The van der Waals surface area contributed by atoms with Gasteiger partial charge in [0.25, 0.3) is 0 Å². The molecule has 0 aliphatic carbocycles. The summed E-state index contributed by atoms with van der Waals surface area (Å²) in [4.78, 5) is 22.9. The number of hydrogen-bond donors (Lipinski definition) is 1. The third-order valence-electron chi connectivity index (χ3n) is 3.47. The number of amides is 1. The van der Waals surface area contributed by atoms with Gasteiger partial charge in [-0.05, 0) is 30.5 Å². The fraction of sp³-hybridized carbons (Fsp3) is 0.412. The van der Waals surface area contributed by atoms with E-state index in [9.17, 15) is 9.59 Å². The molecule has 0 atom stereocenters. The fourth-order valence-electron chi connectivity index (χ4n) is 2.17. The van der Waals surface area contributed by atoms with Crippen molar-refractivity contribution in [3.63, 3.8) is 0 Å². The zero-order valence-electron chi connectivity index (χ0n) is 14.3. The lowest BCUT2D eigenvalue weighted by molar-refractivity contribution is -0.140. The van der Waals surface area contributed by atoms with E-state index in [0.29, 0.717) is 37.2 Å². The second-order valence-electron chi connectivity index (χ2n) is 5.36. The van der Waals surface area contributed by atoms with Crippen molar-refractivity contribution < 1.29 is 19.1 Å². The van der Waals surface area contributed by atoms with Crippen molar-refractivity contribution in [3.05, 3.63) is 34.8 Å². The summed E-state index contributed by atoms with van der Waals surface area (Å²) in [7, 11) is 2.98. The Morgan fingerprint density at radius 1 is 1.16 bits per heavy atom. The van der Waals surface area contributed by atoms with E-state index in [2.05, 4.69) is 20.3 Å². The van der Waals surface area contributed by atoms with Crippen LogP contribution in [0, 0.1) is 0 Å². The lowest BCUT2D eigenvalue weighted by Gasteiger charge is -2.02. The molecule has 134 valence electrons. The Kier molecular flexibility index (Phi) is 7.34. The molecule has 0 aliphatic rings. The molecule has 0 radical (unpaired) electrons. The number of methoxy groups -OCH3 is 2. The molecule has 0 unspecified atom stereocenters. The van der Waals surface area contributed by atoms with Crippen molar-refractivity contribution in [1.82, 2.24) is 10.2 Å². The van der Waals surface area contributed by atoms with Gasteiger partial charge in [-0.1, -0.05) is 23.5 Å². The highest BCUT2D eigenvalue weighted by molar-refractivity contribution is 7.15. The smallest absolute Gasteiger partial charge is 0.305 e. The maximum absolute atomic E-state index is 11.9. The minimum absolute atomic E-state index is 0.131. The highest BCUT2D eigenvalue weighted by Crippen LogP contribution is 2.21. The third-order valence-corrected chi connectivity index (χ3v) is 4.30. The van der Waals surface area contributed by atoms with Gasteiger partial charge < -0.3 is 14.8 Å². The van der Waals surface area contributed by atoms with Gasteiger partial charge in [-0.3, -0.25) is 9.59 Å². The Morgan fingerprint density at radius 2 is 1.96 bits per heavy atom. The van der Waals surface area contributed by atoms with E-state index in [1.807, 2.05) is 24.3 Å². The second kappa shape index (κ2) is 9.73. The number of benzene rings is 1. The maximum atomic E-state index is 11.9. The van der Waals surface area contributed by atoms with Crippen LogP contribution in [0.4, 0.5) is 5.13 Å². The van der Waals surface area contributed by atoms with Crippen LogP contribution in [-0.4, -0.2) is 36.3 Å². The molecule has 1 aromatic carbocycles. The van der Waals surface area contributed by atoms with Gasteiger partial charge in [-0.15, -0.1) is 10.2 Å². The molecule has 25 heavy (non-hydrogen) atoms. The number of rotatable bonds is 9. The molecule has 0 saturated carbocycles. The molecule has 2 rings (SSSR count). The quantitative estimate of drug-likeness (QED) is 0.544. The molecule has 8 heteroatoms. The monoisotopic (exact) mass is 363 g/mol. The molecule has 1 heterocycles. The number of aromatic nitrogens is 2. The highest BCUT2D eigenvalue weighted by Gasteiger charge is 2.09. The first-order valence-corrected chi connectivity index (χ1v) is 8.74. The number of ether oxygens (including phenoxy) is 2. The van der Waals surface area contributed by atoms with E-state index in [1.165, 1.54) is 18.4 Å². The molecule has 1 aromatic heterocycles. The van der Waals surface area contributed by atoms with Crippen LogP contribution in [0.1, 0.15) is 36.3 Å². The zero-order chi connectivity index (χ0) is 18.1. The lowest BCUT2D eigenvalue weighted by Crippen LogP contribution is -2.11. The van der Waals surface area contributed by atoms with Gasteiger partial charge in [0, 0.05) is 19.3 Å². The van der Waals surface area contributed by atoms with Crippen molar-refractivity contribution in [2.24, 2.45) is 0 Å². The summed E-state index contributed by atoms with van der Waals surface area (Å²) in [5, 5.41) is 12.1. The van der Waals surface area contributed by atoms with Crippen molar-refractivity contribution in [2.45, 2.75) is 32.1 Å². The van der Waals surface area contributed by atoms with Crippen LogP contribution < -0.4 is 10.1 Å². The van der Waals surface area contributed by atoms with Crippen LogP contribution in [0.2, 0.25) is 0 Å². The van der Waals surface area contributed by atoms with Crippen LogP contribution in [0.5, 0.6) is 5.75 Å². The summed E-state index contributed by atoms with van der Waals surface area (Å²) in [5.41, 5.74) is 1.07. The standard InChI is InChI=1S/C17H21N3O4S/c1-23-13-7-5-6-12(10-13)11-15-19-20-17(25-15)18-14(21)8-3-4-9-16(22)24-2/h5-7,10H,3-4,8-9,11H2,1-2H3,(H,18,20,21). The summed E-state index contributed by atoms with van der Waals surface area (Å²) >= 11 is 1.35. The van der Waals surface area contributed by atoms with Gasteiger partial charge in [-0.2, -0.15) is 0 Å². The number of unbranched alkanes of at least 4 members (excludes halogenated alkanes) is 1. The average molecular weight is 363 g/mol. The topological polar surface area (TPSA) is 90.4 Å². The molecular weight excluding hydrogens is 342 g/mol. The first-order valence-electron chi connectivity index (χ1n) is 7.92. The Hall–Kier alpha value is -2.48. The first kappa shape index (κ1) is 18.9. The largest absolute Gasteiger partial charge is 0.497 e. The van der Waals surface area contributed by atoms with Crippen LogP contribution in [0.25, 0.3) is 0 Å². The minimum Gasteiger partial charge on any atom is -0.497 e.